The predicted octanol–water partition coefficient (Wildman–Crippen LogP) is 1.83. The quantitative estimate of drug-likeness (QED) is 0.532. The molecule has 0 atom stereocenters. The first kappa shape index (κ1) is 14.4. The summed E-state index contributed by atoms with van der Waals surface area (Å²) in [6, 6.07) is 10.2. The van der Waals surface area contributed by atoms with E-state index >= 15 is 0 Å². The number of benzene rings is 2. The number of rotatable bonds is 4. The molecule has 0 spiro atoms. The fraction of sp³-hybridized carbons (Fsp3) is 0.200. The summed E-state index contributed by atoms with van der Waals surface area (Å²) in [4.78, 5) is 17.6. The van der Waals surface area contributed by atoms with E-state index in [2.05, 4.69) is 10.3 Å². The Morgan fingerprint density at radius 1 is 1.33 bits per heavy atom. The monoisotopic (exact) mass is 328 g/mol. The summed E-state index contributed by atoms with van der Waals surface area (Å²) in [7, 11) is 0. The average molecular weight is 328 g/mol. The summed E-state index contributed by atoms with van der Waals surface area (Å²) in [6.07, 6.45) is 0. The van der Waals surface area contributed by atoms with Crippen LogP contribution in [0.5, 0.6) is 5.75 Å². The van der Waals surface area contributed by atoms with Crippen LogP contribution in [-0.2, 0) is 18.0 Å². The Morgan fingerprint density at radius 3 is 3.08 bits per heavy atom. The van der Waals surface area contributed by atoms with Crippen molar-refractivity contribution in [1.82, 2.24) is 15.2 Å². The molecule has 3 aromatic rings. The summed E-state index contributed by atoms with van der Waals surface area (Å²) in [5, 5.41) is 19.0. The fourth-order valence-electron chi connectivity index (χ4n) is 2.57. The molecule has 0 N–H and O–H groups in total. The van der Waals surface area contributed by atoms with Crippen LogP contribution in [0.1, 0.15) is 11.1 Å². The molecule has 1 aromatic heterocycles. The van der Waals surface area contributed by atoms with Crippen LogP contribution < -0.4 is 9.57 Å². The van der Waals surface area contributed by atoms with Crippen LogP contribution in [0, 0.1) is 10.1 Å². The highest BCUT2D eigenvalue weighted by atomic mass is 16.7. The second-order valence-corrected chi connectivity index (χ2v) is 5.19. The molecular formula is C15H12N4O5. The lowest BCUT2D eigenvalue weighted by Gasteiger charge is -2.20. The van der Waals surface area contributed by atoms with Gasteiger partial charge in [-0.05, 0) is 17.3 Å². The summed E-state index contributed by atoms with van der Waals surface area (Å²) >= 11 is 0. The molecule has 0 aliphatic carbocycles. The van der Waals surface area contributed by atoms with Gasteiger partial charge in [0.15, 0.2) is 6.79 Å². The number of fused-ring (bicyclic) bond motifs is 2. The fourth-order valence-corrected chi connectivity index (χ4v) is 2.57. The largest absolute Gasteiger partial charge is 0.467 e. The molecule has 0 unspecified atom stereocenters. The molecule has 1 aliphatic rings. The molecule has 0 saturated heterocycles. The van der Waals surface area contributed by atoms with E-state index in [0.717, 1.165) is 0 Å². The van der Waals surface area contributed by atoms with Crippen molar-refractivity contribution in [2.45, 2.75) is 13.2 Å². The van der Waals surface area contributed by atoms with Gasteiger partial charge < -0.3 is 14.3 Å². The molecule has 0 saturated carbocycles. The molecule has 0 bridgehead atoms. The van der Waals surface area contributed by atoms with Gasteiger partial charge in [0.25, 0.3) is 5.69 Å². The second-order valence-electron chi connectivity index (χ2n) is 5.19. The van der Waals surface area contributed by atoms with Crippen LogP contribution in [0.25, 0.3) is 11.0 Å². The normalized spacial score (nSPS) is 13.3. The number of nitro groups is 1. The molecule has 0 amide bonds. The summed E-state index contributed by atoms with van der Waals surface area (Å²) in [6.45, 7) is 0.414. The molecule has 2 aromatic carbocycles. The van der Waals surface area contributed by atoms with Crippen molar-refractivity contribution < 1.29 is 19.2 Å². The maximum atomic E-state index is 11.1. The zero-order valence-electron chi connectivity index (χ0n) is 12.4. The lowest BCUT2D eigenvalue weighted by Crippen LogP contribution is -2.17. The molecule has 9 heteroatoms. The van der Waals surface area contributed by atoms with E-state index in [9.17, 15) is 10.1 Å². The molecule has 9 nitrogen and oxygen atoms in total. The van der Waals surface area contributed by atoms with Gasteiger partial charge in [-0.2, -0.15) is 0 Å². The second kappa shape index (κ2) is 5.78. The highest BCUT2D eigenvalue weighted by molar-refractivity contribution is 5.73. The highest BCUT2D eigenvalue weighted by Gasteiger charge is 2.21. The summed E-state index contributed by atoms with van der Waals surface area (Å²) in [5.74, 6) is 0.552. The van der Waals surface area contributed by atoms with Gasteiger partial charge in [0.1, 0.15) is 23.4 Å². The third-order valence-corrected chi connectivity index (χ3v) is 3.65. The number of hydrogen-bond donors (Lipinski definition) is 0. The van der Waals surface area contributed by atoms with Crippen LogP contribution in [0.4, 0.5) is 5.69 Å². The van der Waals surface area contributed by atoms with Gasteiger partial charge in [0.2, 0.25) is 0 Å². The number of hydrogen-bond acceptors (Lipinski definition) is 7. The van der Waals surface area contributed by atoms with E-state index in [0.29, 0.717) is 27.9 Å². The van der Waals surface area contributed by atoms with E-state index in [1.54, 1.807) is 0 Å². The van der Waals surface area contributed by atoms with E-state index < -0.39 is 4.92 Å². The Balaban J connectivity index is 1.66. The maximum absolute atomic E-state index is 11.1. The van der Waals surface area contributed by atoms with Crippen molar-refractivity contribution >= 4 is 16.7 Å². The van der Waals surface area contributed by atoms with Crippen LogP contribution in [-0.4, -0.2) is 26.9 Å². The lowest BCUT2D eigenvalue weighted by molar-refractivity contribution is -0.385. The van der Waals surface area contributed by atoms with E-state index in [-0.39, 0.29) is 25.7 Å². The van der Waals surface area contributed by atoms with E-state index in [1.165, 1.54) is 17.0 Å². The Labute approximate surface area is 135 Å². The third kappa shape index (κ3) is 2.50. The maximum Gasteiger partial charge on any atom is 0.270 e. The minimum Gasteiger partial charge on any atom is -0.467 e. The van der Waals surface area contributed by atoms with Gasteiger partial charge in [0.05, 0.1) is 11.5 Å². The van der Waals surface area contributed by atoms with Crippen molar-refractivity contribution in [2.75, 3.05) is 6.79 Å². The Morgan fingerprint density at radius 2 is 2.21 bits per heavy atom. The predicted molar refractivity (Wildman–Crippen MR) is 81.2 cm³/mol. The zero-order chi connectivity index (χ0) is 16.5. The molecule has 2 heterocycles. The Bertz CT molecular complexity index is 923. The van der Waals surface area contributed by atoms with Gasteiger partial charge >= 0.3 is 0 Å². The van der Waals surface area contributed by atoms with Crippen LogP contribution in [0.3, 0.4) is 0 Å². The molecule has 0 radical (unpaired) electrons. The van der Waals surface area contributed by atoms with Crippen molar-refractivity contribution in [3.63, 3.8) is 0 Å². The first-order chi connectivity index (χ1) is 11.7. The topological polar surface area (TPSA) is 102 Å². The van der Waals surface area contributed by atoms with Gasteiger partial charge in [-0.3, -0.25) is 10.1 Å². The zero-order valence-corrected chi connectivity index (χ0v) is 12.4. The highest BCUT2D eigenvalue weighted by Crippen LogP contribution is 2.32. The molecular weight excluding hydrogens is 316 g/mol. The van der Waals surface area contributed by atoms with Crippen molar-refractivity contribution in [2.24, 2.45) is 0 Å². The Hall–Kier alpha value is -3.20. The third-order valence-electron chi connectivity index (χ3n) is 3.65. The van der Waals surface area contributed by atoms with Gasteiger partial charge in [-0.25, -0.2) is 0 Å². The van der Waals surface area contributed by atoms with E-state index in [4.69, 9.17) is 14.3 Å². The number of non-ortho nitro benzene ring substituents is 1. The Kier molecular flexibility index (Phi) is 3.47. The minimum absolute atomic E-state index is 0.0371. The number of aromatic nitrogens is 3. The summed E-state index contributed by atoms with van der Waals surface area (Å²) < 4.78 is 10.7. The average Bonchev–Trinajstić information content (AvgIpc) is 3.02. The molecule has 1 aliphatic heterocycles. The van der Waals surface area contributed by atoms with Crippen molar-refractivity contribution in [3.05, 3.63) is 57.6 Å². The van der Waals surface area contributed by atoms with Crippen LogP contribution >= 0.6 is 0 Å². The number of nitro benzene ring substituents is 1. The van der Waals surface area contributed by atoms with Gasteiger partial charge in [0, 0.05) is 23.3 Å². The number of nitrogens with zero attached hydrogens (tertiary/aromatic N) is 4. The number of para-hydroxylation sites is 1. The standard InChI is InChI=1S/C15H12N4O5/c20-19(21)12-5-10-7-22-9-23-15(10)11(6-12)8-24-18-14-4-2-1-3-13(14)16-17-18/h1-6H,7-9H2. The SMILES string of the molecule is O=[N+]([O-])c1cc2c(c(COn3nnc4ccccc43)c1)OCOC2. The molecule has 24 heavy (non-hydrogen) atoms. The first-order valence-corrected chi connectivity index (χ1v) is 7.17. The first-order valence-electron chi connectivity index (χ1n) is 7.17. The molecule has 122 valence electrons. The van der Waals surface area contributed by atoms with Crippen LogP contribution in [0.15, 0.2) is 36.4 Å². The van der Waals surface area contributed by atoms with Crippen LogP contribution in [0.2, 0.25) is 0 Å². The minimum atomic E-state index is -0.455. The lowest BCUT2D eigenvalue weighted by atomic mass is 10.1. The smallest absolute Gasteiger partial charge is 0.270 e. The van der Waals surface area contributed by atoms with Crippen molar-refractivity contribution in [1.29, 1.82) is 0 Å². The van der Waals surface area contributed by atoms with Crippen molar-refractivity contribution in [3.8, 4) is 5.75 Å². The number of ether oxygens (including phenoxy) is 2. The van der Waals surface area contributed by atoms with Gasteiger partial charge in [-0.1, -0.05) is 17.0 Å². The molecule has 0 fully saturated rings. The summed E-state index contributed by atoms with van der Waals surface area (Å²) in [5.41, 5.74) is 2.55. The van der Waals surface area contributed by atoms with E-state index in [1.807, 2.05) is 24.3 Å². The molecule has 4 rings (SSSR count). The van der Waals surface area contributed by atoms with Gasteiger partial charge in [-0.15, -0.1) is 5.10 Å².